The molecule has 1 aliphatic heterocycles. The first-order chi connectivity index (χ1) is 11.9. The second kappa shape index (κ2) is 7.53. The third-order valence-corrected chi connectivity index (χ3v) is 4.99. The van der Waals surface area contributed by atoms with Gasteiger partial charge in [-0.3, -0.25) is 4.79 Å². The topological polar surface area (TPSA) is 54.0 Å². The molecule has 2 heterocycles. The third-order valence-electron chi connectivity index (χ3n) is 4.14. The van der Waals surface area contributed by atoms with Gasteiger partial charge in [0.25, 0.3) is 0 Å². The minimum Gasteiger partial charge on any atom is -0.349 e. The van der Waals surface area contributed by atoms with Crippen molar-refractivity contribution < 1.29 is 18.0 Å². The predicted molar refractivity (Wildman–Crippen MR) is 90.0 cm³/mol. The quantitative estimate of drug-likeness (QED) is 0.868. The van der Waals surface area contributed by atoms with Crippen LogP contribution in [-0.4, -0.2) is 24.0 Å². The summed E-state index contributed by atoms with van der Waals surface area (Å²) in [6.45, 7) is 1.98. The van der Waals surface area contributed by atoms with Crippen LogP contribution in [0.25, 0.3) is 11.3 Å². The first kappa shape index (κ1) is 17.9. The Balaban J connectivity index is 1.59. The van der Waals surface area contributed by atoms with Crippen molar-refractivity contribution in [3.8, 4) is 11.3 Å². The Labute approximate surface area is 147 Å². The van der Waals surface area contributed by atoms with Gasteiger partial charge >= 0.3 is 6.18 Å². The van der Waals surface area contributed by atoms with Gasteiger partial charge in [-0.05, 0) is 31.5 Å². The molecule has 25 heavy (non-hydrogen) atoms. The standard InChI is InChI=1S/C17H18F3N3OS/c18-17(19,20)13-5-3-11(4-6-13)14-10-25-15(23-14)9-22-16(24)12-2-1-7-21-8-12/h3-6,10,12,21H,1-2,7-9H2,(H,22,24)/t12-/m0/s1. The Hall–Kier alpha value is -1.93. The minimum absolute atomic E-state index is 0.0110. The van der Waals surface area contributed by atoms with Crippen LogP contribution in [-0.2, 0) is 17.5 Å². The largest absolute Gasteiger partial charge is 0.416 e. The van der Waals surface area contributed by atoms with E-state index in [0.29, 0.717) is 24.3 Å². The lowest BCUT2D eigenvalue weighted by molar-refractivity contribution is -0.137. The van der Waals surface area contributed by atoms with E-state index in [-0.39, 0.29) is 11.8 Å². The fourth-order valence-corrected chi connectivity index (χ4v) is 3.48. The highest BCUT2D eigenvalue weighted by atomic mass is 32.1. The van der Waals surface area contributed by atoms with Gasteiger partial charge in [-0.25, -0.2) is 4.98 Å². The van der Waals surface area contributed by atoms with Crippen molar-refractivity contribution in [2.45, 2.75) is 25.6 Å². The maximum atomic E-state index is 12.6. The molecule has 1 amide bonds. The number of carbonyl (C=O) groups is 1. The number of aromatic nitrogens is 1. The number of hydrogen-bond acceptors (Lipinski definition) is 4. The van der Waals surface area contributed by atoms with Crippen molar-refractivity contribution in [3.63, 3.8) is 0 Å². The molecule has 1 aromatic heterocycles. The van der Waals surface area contributed by atoms with Gasteiger partial charge in [-0.15, -0.1) is 11.3 Å². The van der Waals surface area contributed by atoms with Crippen LogP contribution in [0, 0.1) is 5.92 Å². The molecule has 2 N–H and O–H groups in total. The van der Waals surface area contributed by atoms with Crippen LogP contribution in [0.15, 0.2) is 29.6 Å². The van der Waals surface area contributed by atoms with Gasteiger partial charge in [0.05, 0.1) is 23.7 Å². The van der Waals surface area contributed by atoms with E-state index in [1.54, 1.807) is 5.38 Å². The van der Waals surface area contributed by atoms with Crippen LogP contribution in [0.3, 0.4) is 0 Å². The van der Waals surface area contributed by atoms with Gasteiger partial charge in [-0.2, -0.15) is 13.2 Å². The average Bonchev–Trinajstić information content (AvgIpc) is 3.09. The van der Waals surface area contributed by atoms with E-state index in [4.69, 9.17) is 0 Å². The molecule has 1 atom stereocenters. The van der Waals surface area contributed by atoms with Gasteiger partial charge in [0.1, 0.15) is 5.01 Å². The molecular weight excluding hydrogens is 351 g/mol. The summed E-state index contributed by atoms with van der Waals surface area (Å²) in [7, 11) is 0. The Morgan fingerprint density at radius 2 is 2.08 bits per heavy atom. The summed E-state index contributed by atoms with van der Waals surface area (Å²) < 4.78 is 37.8. The highest BCUT2D eigenvalue weighted by Gasteiger charge is 2.30. The number of nitrogens with one attached hydrogen (secondary N) is 2. The second-order valence-electron chi connectivity index (χ2n) is 5.96. The molecule has 0 radical (unpaired) electrons. The van der Waals surface area contributed by atoms with Crippen LogP contribution < -0.4 is 10.6 Å². The van der Waals surface area contributed by atoms with E-state index >= 15 is 0 Å². The van der Waals surface area contributed by atoms with Crippen molar-refractivity contribution in [1.29, 1.82) is 0 Å². The zero-order chi connectivity index (χ0) is 17.9. The summed E-state index contributed by atoms with van der Waals surface area (Å²) in [5.41, 5.74) is 0.556. The number of halogens is 3. The summed E-state index contributed by atoms with van der Waals surface area (Å²) >= 11 is 1.38. The molecule has 0 unspecified atom stereocenters. The smallest absolute Gasteiger partial charge is 0.349 e. The van der Waals surface area contributed by atoms with E-state index < -0.39 is 11.7 Å². The highest BCUT2D eigenvalue weighted by Crippen LogP contribution is 2.31. The van der Waals surface area contributed by atoms with Gasteiger partial charge in [0.15, 0.2) is 0 Å². The number of rotatable bonds is 4. The van der Waals surface area contributed by atoms with E-state index in [9.17, 15) is 18.0 Å². The summed E-state index contributed by atoms with van der Waals surface area (Å²) in [5, 5.41) is 8.60. The normalized spacial score (nSPS) is 18.1. The summed E-state index contributed by atoms with van der Waals surface area (Å²) in [6, 6.07) is 4.92. The molecule has 1 aromatic carbocycles. The van der Waals surface area contributed by atoms with Crippen molar-refractivity contribution >= 4 is 17.2 Å². The van der Waals surface area contributed by atoms with Crippen LogP contribution in [0.4, 0.5) is 13.2 Å². The maximum absolute atomic E-state index is 12.6. The summed E-state index contributed by atoms with van der Waals surface area (Å²) in [4.78, 5) is 16.5. The Morgan fingerprint density at radius 1 is 1.32 bits per heavy atom. The molecule has 1 fully saturated rings. The molecule has 8 heteroatoms. The van der Waals surface area contributed by atoms with Crippen LogP contribution >= 0.6 is 11.3 Å². The number of hydrogen-bond donors (Lipinski definition) is 2. The number of carbonyl (C=O) groups excluding carboxylic acids is 1. The van der Waals surface area contributed by atoms with Gasteiger partial charge in [0, 0.05) is 17.5 Å². The number of benzene rings is 1. The van der Waals surface area contributed by atoms with E-state index in [1.807, 2.05) is 0 Å². The lowest BCUT2D eigenvalue weighted by Gasteiger charge is -2.21. The van der Waals surface area contributed by atoms with E-state index in [0.717, 1.165) is 36.5 Å². The first-order valence-corrected chi connectivity index (χ1v) is 8.92. The molecule has 3 rings (SSSR count). The summed E-state index contributed by atoms with van der Waals surface area (Å²) in [5.74, 6) is 0.00146. The maximum Gasteiger partial charge on any atom is 0.416 e. The number of alkyl halides is 3. The Morgan fingerprint density at radius 3 is 2.72 bits per heavy atom. The van der Waals surface area contributed by atoms with Crippen LogP contribution in [0.2, 0.25) is 0 Å². The average molecular weight is 369 g/mol. The van der Waals surface area contributed by atoms with Crippen LogP contribution in [0.5, 0.6) is 0 Å². The highest BCUT2D eigenvalue weighted by molar-refractivity contribution is 7.09. The molecule has 0 aliphatic carbocycles. The molecule has 4 nitrogen and oxygen atoms in total. The zero-order valence-corrected chi connectivity index (χ0v) is 14.2. The SMILES string of the molecule is O=C(NCc1nc(-c2ccc(C(F)(F)F)cc2)cs1)[C@H]1CCCNC1. The van der Waals surface area contributed by atoms with Crippen molar-refractivity contribution in [2.75, 3.05) is 13.1 Å². The van der Waals surface area contributed by atoms with Gasteiger partial charge in [-0.1, -0.05) is 12.1 Å². The molecule has 0 bridgehead atoms. The number of nitrogens with zero attached hydrogens (tertiary/aromatic N) is 1. The van der Waals surface area contributed by atoms with Crippen LogP contribution in [0.1, 0.15) is 23.4 Å². The van der Waals surface area contributed by atoms with Gasteiger partial charge in [0.2, 0.25) is 5.91 Å². The fourth-order valence-electron chi connectivity index (χ4n) is 2.74. The zero-order valence-electron chi connectivity index (χ0n) is 13.4. The second-order valence-corrected chi connectivity index (χ2v) is 6.91. The van der Waals surface area contributed by atoms with E-state index in [1.165, 1.54) is 23.5 Å². The predicted octanol–water partition coefficient (Wildman–Crippen LogP) is 3.44. The molecule has 134 valence electrons. The molecule has 0 saturated carbocycles. The van der Waals surface area contributed by atoms with Gasteiger partial charge < -0.3 is 10.6 Å². The first-order valence-electron chi connectivity index (χ1n) is 8.04. The number of piperidine rings is 1. The molecule has 2 aromatic rings. The minimum atomic E-state index is -4.34. The molecule has 1 aliphatic rings. The monoisotopic (exact) mass is 369 g/mol. The summed E-state index contributed by atoms with van der Waals surface area (Å²) in [6.07, 6.45) is -2.47. The lowest BCUT2D eigenvalue weighted by atomic mass is 9.99. The Bertz CT molecular complexity index is 721. The van der Waals surface area contributed by atoms with E-state index in [2.05, 4.69) is 15.6 Å². The van der Waals surface area contributed by atoms with Crippen molar-refractivity contribution in [3.05, 3.63) is 40.2 Å². The molecule has 1 saturated heterocycles. The van der Waals surface area contributed by atoms with Crippen molar-refractivity contribution in [1.82, 2.24) is 15.6 Å². The van der Waals surface area contributed by atoms with Crippen molar-refractivity contribution in [2.24, 2.45) is 5.92 Å². The molecular formula is C17H18F3N3OS. The number of amides is 1. The Kier molecular flexibility index (Phi) is 5.39. The number of thiazole rings is 1. The lowest BCUT2D eigenvalue weighted by Crippen LogP contribution is -2.40. The fraction of sp³-hybridized carbons (Fsp3) is 0.412. The molecule has 0 spiro atoms. The third kappa shape index (κ3) is 4.58.